The third kappa shape index (κ3) is 6.32. The fourth-order valence-electron chi connectivity index (χ4n) is 3.50. The molecular formula is C27H25BrN2O2. The van der Waals surface area contributed by atoms with Gasteiger partial charge < -0.3 is 10.1 Å². The minimum absolute atomic E-state index is 0.0350. The standard InChI is InChI=1S/C27H25BrN2O2/c1-4-32-25-9-7-24(8-10-25)30-27(31)23(17-29)14-20-5-6-22(26(28)16-20)15-21-12-18(2)11-19(3)13-21/h5-14,16H,4,15H2,1-3H3,(H,30,31)/b23-14+. The zero-order valence-electron chi connectivity index (χ0n) is 18.4. The van der Waals surface area contributed by atoms with Crippen molar-refractivity contribution < 1.29 is 9.53 Å². The molecule has 32 heavy (non-hydrogen) atoms. The first-order valence-corrected chi connectivity index (χ1v) is 11.2. The lowest BCUT2D eigenvalue weighted by atomic mass is 9.99. The molecule has 1 N–H and O–H groups in total. The van der Waals surface area contributed by atoms with E-state index >= 15 is 0 Å². The van der Waals surface area contributed by atoms with Crippen LogP contribution in [0.4, 0.5) is 5.69 Å². The van der Waals surface area contributed by atoms with Crippen molar-refractivity contribution in [2.45, 2.75) is 27.2 Å². The number of aryl methyl sites for hydroxylation is 2. The molecule has 0 atom stereocenters. The molecule has 4 nitrogen and oxygen atoms in total. The molecular weight excluding hydrogens is 464 g/mol. The number of hydrogen-bond donors (Lipinski definition) is 1. The number of amides is 1. The van der Waals surface area contributed by atoms with E-state index in [2.05, 4.69) is 53.3 Å². The Morgan fingerprint density at radius 1 is 1.06 bits per heavy atom. The SMILES string of the molecule is CCOc1ccc(NC(=O)/C(C#N)=C/c2ccc(Cc3cc(C)cc(C)c3)c(Br)c2)cc1. The highest BCUT2D eigenvalue weighted by Gasteiger charge is 2.11. The van der Waals surface area contributed by atoms with Crippen LogP contribution in [0.5, 0.6) is 5.75 Å². The van der Waals surface area contributed by atoms with E-state index in [1.807, 2.05) is 31.2 Å². The van der Waals surface area contributed by atoms with Crippen LogP contribution in [0, 0.1) is 25.2 Å². The summed E-state index contributed by atoms with van der Waals surface area (Å²) in [6, 6.07) is 21.5. The van der Waals surface area contributed by atoms with E-state index in [-0.39, 0.29) is 5.57 Å². The lowest BCUT2D eigenvalue weighted by Gasteiger charge is -2.09. The summed E-state index contributed by atoms with van der Waals surface area (Å²) in [4.78, 5) is 12.6. The van der Waals surface area contributed by atoms with Gasteiger partial charge in [0.25, 0.3) is 5.91 Å². The molecule has 0 bridgehead atoms. The number of nitrogens with zero attached hydrogens (tertiary/aromatic N) is 1. The average molecular weight is 489 g/mol. The van der Waals surface area contributed by atoms with Crippen molar-refractivity contribution in [3.63, 3.8) is 0 Å². The summed E-state index contributed by atoms with van der Waals surface area (Å²) in [5.74, 6) is 0.277. The Kier molecular flexibility index (Phi) is 7.86. The predicted molar refractivity (Wildman–Crippen MR) is 133 cm³/mol. The first-order valence-electron chi connectivity index (χ1n) is 10.4. The molecule has 0 heterocycles. The first-order chi connectivity index (χ1) is 15.4. The molecule has 3 aromatic rings. The van der Waals surface area contributed by atoms with Gasteiger partial charge in [-0.1, -0.05) is 57.4 Å². The number of benzene rings is 3. The Hall–Kier alpha value is -3.36. The van der Waals surface area contributed by atoms with E-state index < -0.39 is 5.91 Å². The molecule has 0 spiro atoms. The summed E-state index contributed by atoms with van der Waals surface area (Å²) in [6.45, 7) is 6.68. The summed E-state index contributed by atoms with van der Waals surface area (Å²) < 4.78 is 6.34. The van der Waals surface area contributed by atoms with Gasteiger partial charge in [-0.05, 0) is 80.3 Å². The maximum atomic E-state index is 12.6. The Morgan fingerprint density at radius 2 is 1.75 bits per heavy atom. The van der Waals surface area contributed by atoms with Crippen LogP contribution in [0.2, 0.25) is 0 Å². The van der Waals surface area contributed by atoms with Crippen molar-refractivity contribution in [2.75, 3.05) is 11.9 Å². The van der Waals surface area contributed by atoms with E-state index in [1.165, 1.54) is 16.7 Å². The largest absolute Gasteiger partial charge is 0.494 e. The fourth-order valence-corrected chi connectivity index (χ4v) is 4.04. The van der Waals surface area contributed by atoms with Crippen molar-refractivity contribution in [3.05, 3.63) is 98.5 Å². The summed E-state index contributed by atoms with van der Waals surface area (Å²) in [5.41, 5.74) is 6.29. The van der Waals surface area contributed by atoms with Gasteiger partial charge in [-0.3, -0.25) is 4.79 Å². The van der Waals surface area contributed by atoms with Gasteiger partial charge in [0.1, 0.15) is 17.4 Å². The van der Waals surface area contributed by atoms with E-state index in [0.717, 1.165) is 27.8 Å². The van der Waals surface area contributed by atoms with Gasteiger partial charge in [0.15, 0.2) is 0 Å². The molecule has 0 fully saturated rings. The lowest BCUT2D eigenvalue weighted by Crippen LogP contribution is -2.13. The molecule has 0 unspecified atom stereocenters. The minimum atomic E-state index is -0.452. The quantitative estimate of drug-likeness (QED) is 0.300. The topological polar surface area (TPSA) is 62.1 Å². The smallest absolute Gasteiger partial charge is 0.266 e. The van der Waals surface area contributed by atoms with Crippen molar-refractivity contribution in [1.82, 2.24) is 0 Å². The van der Waals surface area contributed by atoms with Crippen molar-refractivity contribution >= 4 is 33.6 Å². The number of anilines is 1. The van der Waals surface area contributed by atoms with Crippen LogP contribution >= 0.6 is 15.9 Å². The monoisotopic (exact) mass is 488 g/mol. The number of halogens is 1. The van der Waals surface area contributed by atoms with Crippen LogP contribution in [-0.2, 0) is 11.2 Å². The number of carbonyl (C=O) groups excluding carboxylic acids is 1. The van der Waals surface area contributed by atoms with Crippen LogP contribution in [0.1, 0.15) is 34.7 Å². The molecule has 0 aromatic heterocycles. The van der Waals surface area contributed by atoms with E-state index in [0.29, 0.717) is 12.3 Å². The number of ether oxygens (including phenoxy) is 1. The normalized spacial score (nSPS) is 11.0. The van der Waals surface area contributed by atoms with Crippen LogP contribution in [-0.4, -0.2) is 12.5 Å². The van der Waals surface area contributed by atoms with Gasteiger partial charge in [-0.2, -0.15) is 5.26 Å². The van der Waals surface area contributed by atoms with E-state index in [9.17, 15) is 10.1 Å². The molecule has 3 rings (SSSR count). The molecule has 0 saturated heterocycles. The average Bonchev–Trinajstić information content (AvgIpc) is 2.74. The number of carbonyl (C=O) groups is 1. The molecule has 162 valence electrons. The predicted octanol–water partition coefficient (Wildman–Crippen LogP) is 6.60. The Labute approximate surface area is 197 Å². The van der Waals surface area contributed by atoms with Crippen LogP contribution in [0.15, 0.2) is 70.7 Å². The maximum absolute atomic E-state index is 12.6. The highest BCUT2D eigenvalue weighted by Crippen LogP contribution is 2.24. The van der Waals surface area contributed by atoms with Crippen LogP contribution in [0.3, 0.4) is 0 Å². The highest BCUT2D eigenvalue weighted by atomic mass is 79.9. The van der Waals surface area contributed by atoms with Crippen molar-refractivity contribution in [3.8, 4) is 11.8 Å². The second-order valence-electron chi connectivity index (χ2n) is 7.60. The summed E-state index contributed by atoms with van der Waals surface area (Å²) in [5, 5.41) is 12.3. The van der Waals surface area contributed by atoms with Crippen LogP contribution < -0.4 is 10.1 Å². The minimum Gasteiger partial charge on any atom is -0.494 e. The third-order valence-electron chi connectivity index (χ3n) is 4.85. The lowest BCUT2D eigenvalue weighted by molar-refractivity contribution is -0.112. The Bertz CT molecular complexity index is 1170. The van der Waals surface area contributed by atoms with Gasteiger partial charge in [0, 0.05) is 10.2 Å². The van der Waals surface area contributed by atoms with Crippen molar-refractivity contribution in [2.24, 2.45) is 0 Å². The summed E-state index contributed by atoms with van der Waals surface area (Å²) in [6.07, 6.45) is 2.39. The third-order valence-corrected chi connectivity index (χ3v) is 5.59. The molecule has 0 radical (unpaired) electrons. The molecule has 5 heteroatoms. The number of nitriles is 1. The molecule has 0 aliphatic rings. The number of hydrogen-bond acceptors (Lipinski definition) is 3. The zero-order valence-corrected chi connectivity index (χ0v) is 20.0. The highest BCUT2D eigenvalue weighted by molar-refractivity contribution is 9.10. The number of nitrogens with one attached hydrogen (secondary N) is 1. The van der Waals surface area contributed by atoms with Gasteiger partial charge in [0.2, 0.25) is 0 Å². The van der Waals surface area contributed by atoms with Gasteiger partial charge in [0.05, 0.1) is 6.61 Å². The maximum Gasteiger partial charge on any atom is 0.266 e. The van der Waals surface area contributed by atoms with Crippen LogP contribution in [0.25, 0.3) is 6.08 Å². The second-order valence-corrected chi connectivity index (χ2v) is 8.46. The Balaban J connectivity index is 1.74. The first kappa shape index (κ1) is 23.3. The second kappa shape index (κ2) is 10.8. The summed E-state index contributed by atoms with van der Waals surface area (Å²) >= 11 is 3.64. The fraction of sp³-hybridized carbons (Fsp3) is 0.185. The molecule has 1 amide bonds. The van der Waals surface area contributed by atoms with E-state index in [4.69, 9.17) is 4.74 Å². The summed E-state index contributed by atoms with van der Waals surface area (Å²) in [7, 11) is 0. The van der Waals surface area contributed by atoms with Crippen molar-refractivity contribution in [1.29, 1.82) is 5.26 Å². The molecule has 0 aliphatic heterocycles. The molecule has 0 aliphatic carbocycles. The van der Waals surface area contributed by atoms with Gasteiger partial charge in [-0.15, -0.1) is 0 Å². The zero-order chi connectivity index (χ0) is 23.1. The molecule has 3 aromatic carbocycles. The number of rotatable bonds is 7. The van der Waals surface area contributed by atoms with Gasteiger partial charge >= 0.3 is 0 Å². The molecule has 0 saturated carbocycles. The van der Waals surface area contributed by atoms with Gasteiger partial charge in [-0.25, -0.2) is 0 Å². The Morgan fingerprint density at radius 3 is 2.34 bits per heavy atom. The van der Waals surface area contributed by atoms with E-state index in [1.54, 1.807) is 30.3 Å².